The summed E-state index contributed by atoms with van der Waals surface area (Å²) in [5, 5.41) is 10.0. The number of halogens is 1. The van der Waals surface area contributed by atoms with Crippen LogP contribution in [0, 0.1) is 12.7 Å². The molecule has 10 nitrogen and oxygen atoms in total. The highest BCUT2D eigenvalue weighted by Gasteiger charge is 2.16. The summed E-state index contributed by atoms with van der Waals surface area (Å²) in [6.45, 7) is 5.28. The third-order valence-corrected chi connectivity index (χ3v) is 5.56. The molecule has 1 amide bonds. The van der Waals surface area contributed by atoms with Crippen LogP contribution in [0.5, 0.6) is 11.8 Å². The molecule has 0 unspecified atom stereocenters. The van der Waals surface area contributed by atoms with E-state index in [-0.39, 0.29) is 17.7 Å². The molecule has 0 aliphatic carbocycles. The number of carbonyl (C=O) groups excluding carboxylic acids is 1. The Morgan fingerprint density at radius 3 is 2.67 bits per heavy atom. The number of nitrogens with one attached hydrogen (secondary N) is 2. The van der Waals surface area contributed by atoms with Crippen LogP contribution < -0.4 is 15.4 Å². The molecule has 0 atom stereocenters. The molecule has 194 valence electrons. The highest BCUT2D eigenvalue weighted by atomic mass is 19.1. The molecule has 0 saturated heterocycles. The monoisotopic (exact) mass is 522 g/mol. The van der Waals surface area contributed by atoms with E-state index < -0.39 is 5.82 Å². The van der Waals surface area contributed by atoms with Crippen LogP contribution in [0.3, 0.4) is 0 Å². The number of anilines is 3. The quantitative estimate of drug-likeness (QED) is 0.259. The van der Waals surface area contributed by atoms with Crippen LogP contribution in [0.15, 0.2) is 86.0 Å². The summed E-state index contributed by atoms with van der Waals surface area (Å²) < 4.78 is 22.4. The van der Waals surface area contributed by atoms with Crippen LogP contribution in [-0.2, 0) is 11.8 Å². The van der Waals surface area contributed by atoms with Crippen molar-refractivity contribution in [3.8, 4) is 34.1 Å². The summed E-state index contributed by atoms with van der Waals surface area (Å²) in [7, 11) is 1.80. The van der Waals surface area contributed by atoms with E-state index in [1.54, 1.807) is 73.8 Å². The molecule has 39 heavy (non-hydrogen) atoms. The Labute approximate surface area is 223 Å². The summed E-state index contributed by atoms with van der Waals surface area (Å²) in [6, 6.07) is 13.5. The lowest BCUT2D eigenvalue weighted by atomic mass is 10.00. The van der Waals surface area contributed by atoms with Crippen molar-refractivity contribution in [2.45, 2.75) is 6.92 Å². The van der Waals surface area contributed by atoms with E-state index in [9.17, 15) is 4.79 Å². The fourth-order valence-corrected chi connectivity index (χ4v) is 3.75. The van der Waals surface area contributed by atoms with Gasteiger partial charge in [0.15, 0.2) is 11.6 Å². The van der Waals surface area contributed by atoms with Gasteiger partial charge in [-0.1, -0.05) is 24.8 Å². The SMILES string of the molecule is C=CC(=O)Nc1cccc(-c2nc(Nc3cnn(C)c3)ncc2-c2ccc(Oc3nccc(C)n3)c(F)c2)c1. The van der Waals surface area contributed by atoms with Gasteiger partial charge in [-0.25, -0.2) is 24.3 Å². The zero-order chi connectivity index (χ0) is 27.4. The topological polar surface area (TPSA) is 120 Å². The Morgan fingerprint density at radius 1 is 1.05 bits per heavy atom. The Hall–Kier alpha value is -5.45. The molecule has 0 aliphatic heterocycles. The van der Waals surface area contributed by atoms with Gasteiger partial charge >= 0.3 is 6.01 Å². The van der Waals surface area contributed by atoms with Gasteiger partial charge in [0.2, 0.25) is 11.9 Å². The van der Waals surface area contributed by atoms with Gasteiger partial charge in [0, 0.05) is 48.1 Å². The maximum Gasteiger partial charge on any atom is 0.322 e. The van der Waals surface area contributed by atoms with Crippen molar-refractivity contribution in [2.24, 2.45) is 7.05 Å². The molecular formula is C28H23FN8O2. The summed E-state index contributed by atoms with van der Waals surface area (Å²) in [5.74, 6) is -0.646. The number of ether oxygens (including phenoxy) is 1. The Balaban J connectivity index is 1.54. The van der Waals surface area contributed by atoms with Crippen molar-refractivity contribution < 1.29 is 13.9 Å². The van der Waals surface area contributed by atoms with Gasteiger partial charge in [0.1, 0.15) is 0 Å². The maximum absolute atomic E-state index is 15.2. The first kappa shape index (κ1) is 25.2. The average molecular weight is 523 g/mol. The number of aryl methyl sites for hydroxylation is 2. The molecule has 3 aromatic heterocycles. The second-order valence-electron chi connectivity index (χ2n) is 8.49. The molecule has 3 heterocycles. The molecular weight excluding hydrogens is 499 g/mol. The fraction of sp³-hybridized carbons (Fsp3) is 0.0714. The molecule has 5 rings (SSSR count). The van der Waals surface area contributed by atoms with Crippen molar-refractivity contribution in [1.82, 2.24) is 29.7 Å². The Bertz CT molecular complexity index is 1680. The molecule has 0 fully saturated rings. The molecule has 0 radical (unpaired) electrons. The van der Waals surface area contributed by atoms with Crippen molar-refractivity contribution >= 4 is 23.2 Å². The summed E-state index contributed by atoms with van der Waals surface area (Å²) in [4.78, 5) is 29.2. The number of hydrogen-bond donors (Lipinski definition) is 2. The first-order valence-electron chi connectivity index (χ1n) is 11.8. The first-order valence-corrected chi connectivity index (χ1v) is 11.8. The number of nitrogens with zero attached hydrogens (tertiary/aromatic N) is 6. The summed E-state index contributed by atoms with van der Waals surface area (Å²) in [6.07, 6.45) is 7.77. The number of benzene rings is 2. The molecule has 2 aromatic carbocycles. The van der Waals surface area contributed by atoms with E-state index in [1.807, 2.05) is 6.07 Å². The van der Waals surface area contributed by atoms with Gasteiger partial charge in [0.05, 0.1) is 17.6 Å². The van der Waals surface area contributed by atoms with Gasteiger partial charge in [0.25, 0.3) is 0 Å². The zero-order valence-corrected chi connectivity index (χ0v) is 21.1. The number of rotatable bonds is 8. The highest BCUT2D eigenvalue weighted by Crippen LogP contribution is 2.35. The largest absolute Gasteiger partial charge is 0.421 e. The number of carbonyl (C=O) groups is 1. The summed E-state index contributed by atoms with van der Waals surface area (Å²) >= 11 is 0. The van der Waals surface area contributed by atoms with E-state index in [0.29, 0.717) is 45.4 Å². The van der Waals surface area contributed by atoms with Crippen molar-refractivity contribution in [1.29, 1.82) is 0 Å². The van der Waals surface area contributed by atoms with Gasteiger partial charge in [-0.2, -0.15) is 5.10 Å². The molecule has 0 saturated carbocycles. The standard InChI is InChI=1S/C28H23FN8O2/c1-4-25(38)34-20-7-5-6-19(12-20)26-22(15-31-27(36-26)35-21-14-32-37(3)16-21)18-8-9-24(23(29)13-18)39-28-30-11-10-17(2)33-28/h4-16H,1H2,2-3H3,(H,34,38)(H,31,35,36). The van der Waals surface area contributed by atoms with Gasteiger partial charge < -0.3 is 15.4 Å². The zero-order valence-electron chi connectivity index (χ0n) is 21.1. The molecule has 0 aliphatic rings. The minimum Gasteiger partial charge on any atom is -0.421 e. The lowest BCUT2D eigenvalue weighted by molar-refractivity contribution is -0.111. The Morgan fingerprint density at radius 2 is 1.92 bits per heavy atom. The predicted molar refractivity (Wildman–Crippen MR) is 145 cm³/mol. The number of aromatic nitrogens is 6. The maximum atomic E-state index is 15.2. The van der Waals surface area contributed by atoms with E-state index in [4.69, 9.17) is 9.72 Å². The number of amides is 1. The van der Waals surface area contributed by atoms with Gasteiger partial charge in [-0.15, -0.1) is 0 Å². The minimum atomic E-state index is -0.604. The van der Waals surface area contributed by atoms with E-state index in [2.05, 4.69) is 37.3 Å². The second kappa shape index (κ2) is 10.9. The van der Waals surface area contributed by atoms with Gasteiger partial charge in [-0.3, -0.25) is 9.48 Å². The van der Waals surface area contributed by atoms with Gasteiger partial charge in [-0.05, 0) is 48.9 Å². The molecule has 0 spiro atoms. The molecule has 2 N–H and O–H groups in total. The minimum absolute atomic E-state index is 0.0178. The fourth-order valence-electron chi connectivity index (χ4n) is 3.75. The van der Waals surface area contributed by atoms with Crippen molar-refractivity contribution in [3.05, 3.63) is 97.5 Å². The molecule has 0 bridgehead atoms. The number of hydrogen-bond acceptors (Lipinski definition) is 8. The van der Waals surface area contributed by atoms with E-state index >= 15 is 4.39 Å². The highest BCUT2D eigenvalue weighted by molar-refractivity contribution is 5.99. The van der Waals surface area contributed by atoms with Crippen LogP contribution in [-0.4, -0.2) is 35.6 Å². The lowest BCUT2D eigenvalue weighted by Gasteiger charge is -2.13. The van der Waals surface area contributed by atoms with Crippen LogP contribution in [0.2, 0.25) is 0 Å². The van der Waals surface area contributed by atoms with E-state index in [0.717, 1.165) is 0 Å². The normalized spacial score (nSPS) is 10.6. The van der Waals surface area contributed by atoms with Crippen LogP contribution in [0.4, 0.5) is 21.7 Å². The van der Waals surface area contributed by atoms with E-state index in [1.165, 1.54) is 18.2 Å². The average Bonchev–Trinajstić information content (AvgIpc) is 3.34. The second-order valence-corrected chi connectivity index (χ2v) is 8.49. The third-order valence-electron chi connectivity index (χ3n) is 5.56. The third kappa shape index (κ3) is 5.93. The summed E-state index contributed by atoms with van der Waals surface area (Å²) in [5.41, 5.74) is 4.24. The van der Waals surface area contributed by atoms with Crippen LogP contribution in [0.25, 0.3) is 22.4 Å². The smallest absolute Gasteiger partial charge is 0.322 e. The predicted octanol–water partition coefficient (Wildman–Crippen LogP) is 5.44. The molecule has 5 aromatic rings. The van der Waals surface area contributed by atoms with Crippen molar-refractivity contribution in [2.75, 3.05) is 10.6 Å². The lowest BCUT2D eigenvalue weighted by Crippen LogP contribution is -2.07. The Kier molecular flexibility index (Phi) is 7.04. The van der Waals surface area contributed by atoms with Crippen LogP contribution >= 0.6 is 0 Å². The van der Waals surface area contributed by atoms with Crippen LogP contribution in [0.1, 0.15) is 5.69 Å². The first-order chi connectivity index (χ1) is 18.9. The molecule has 11 heteroatoms. The van der Waals surface area contributed by atoms with Crippen molar-refractivity contribution in [3.63, 3.8) is 0 Å².